The lowest BCUT2D eigenvalue weighted by Crippen LogP contribution is -2.46. The lowest BCUT2D eigenvalue weighted by Gasteiger charge is -2.36. The molecule has 0 bridgehead atoms. The standard InChI is InChI=1S/C10H16N4O/c1-7-4-14(5-8(2)15-7)10-9(11)3-12-6-13-10/h3,6-8H,4-5,11H2,1-2H3. The third-order valence-corrected chi connectivity index (χ3v) is 2.44. The van der Waals surface area contributed by atoms with E-state index in [1.165, 1.54) is 6.33 Å². The molecular weight excluding hydrogens is 192 g/mol. The van der Waals surface area contributed by atoms with E-state index >= 15 is 0 Å². The van der Waals surface area contributed by atoms with Gasteiger partial charge < -0.3 is 15.4 Å². The Morgan fingerprint density at radius 3 is 2.67 bits per heavy atom. The summed E-state index contributed by atoms with van der Waals surface area (Å²) in [6.07, 6.45) is 3.58. The van der Waals surface area contributed by atoms with E-state index in [1.54, 1.807) is 6.20 Å². The van der Waals surface area contributed by atoms with Crippen LogP contribution in [-0.2, 0) is 4.74 Å². The van der Waals surface area contributed by atoms with Gasteiger partial charge in [0.25, 0.3) is 0 Å². The molecule has 2 rings (SSSR count). The highest BCUT2D eigenvalue weighted by molar-refractivity contribution is 5.61. The molecule has 0 radical (unpaired) electrons. The van der Waals surface area contributed by atoms with Crippen LogP contribution < -0.4 is 10.6 Å². The lowest BCUT2D eigenvalue weighted by molar-refractivity contribution is -0.00541. The minimum absolute atomic E-state index is 0.211. The second-order valence-electron chi connectivity index (χ2n) is 3.96. The average Bonchev–Trinajstić information content (AvgIpc) is 2.16. The Kier molecular flexibility index (Phi) is 2.73. The summed E-state index contributed by atoms with van der Waals surface area (Å²) in [4.78, 5) is 10.2. The van der Waals surface area contributed by atoms with E-state index < -0.39 is 0 Å². The Morgan fingerprint density at radius 2 is 2.07 bits per heavy atom. The highest BCUT2D eigenvalue weighted by Gasteiger charge is 2.24. The van der Waals surface area contributed by atoms with Crippen LogP contribution >= 0.6 is 0 Å². The predicted octanol–water partition coefficient (Wildman–Crippen LogP) is 0.672. The summed E-state index contributed by atoms with van der Waals surface area (Å²) in [5.41, 5.74) is 6.46. The number of morpholine rings is 1. The van der Waals surface area contributed by atoms with E-state index in [9.17, 15) is 0 Å². The summed E-state index contributed by atoms with van der Waals surface area (Å²) >= 11 is 0. The van der Waals surface area contributed by atoms with E-state index in [0.29, 0.717) is 5.69 Å². The van der Waals surface area contributed by atoms with Crippen molar-refractivity contribution in [3.05, 3.63) is 12.5 Å². The van der Waals surface area contributed by atoms with Crippen LogP contribution in [0.15, 0.2) is 12.5 Å². The molecule has 0 amide bonds. The highest BCUT2D eigenvalue weighted by Crippen LogP contribution is 2.22. The Balaban J connectivity index is 2.20. The molecule has 1 saturated heterocycles. The average molecular weight is 208 g/mol. The van der Waals surface area contributed by atoms with Crippen molar-refractivity contribution in [3.8, 4) is 0 Å². The van der Waals surface area contributed by atoms with Crippen LogP contribution in [0.2, 0.25) is 0 Å². The van der Waals surface area contributed by atoms with Gasteiger partial charge in [0.1, 0.15) is 6.33 Å². The molecule has 2 N–H and O–H groups in total. The fourth-order valence-electron chi connectivity index (χ4n) is 1.95. The fourth-order valence-corrected chi connectivity index (χ4v) is 1.95. The molecule has 0 saturated carbocycles. The van der Waals surface area contributed by atoms with Crippen LogP contribution in [0.1, 0.15) is 13.8 Å². The number of anilines is 2. The smallest absolute Gasteiger partial charge is 0.155 e. The van der Waals surface area contributed by atoms with E-state index in [2.05, 4.69) is 28.7 Å². The van der Waals surface area contributed by atoms with E-state index in [1.807, 2.05) is 0 Å². The molecule has 1 aliphatic rings. The summed E-state index contributed by atoms with van der Waals surface area (Å²) < 4.78 is 5.65. The van der Waals surface area contributed by atoms with Gasteiger partial charge in [0.05, 0.1) is 24.1 Å². The largest absolute Gasteiger partial charge is 0.394 e. The third-order valence-electron chi connectivity index (χ3n) is 2.44. The van der Waals surface area contributed by atoms with Crippen molar-refractivity contribution in [2.45, 2.75) is 26.1 Å². The van der Waals surface area contributed by atoms with Crippen molar-refractivity contribution in [3.63, 3.8) is 0 Å². The third kappa shape index (κ3) is 2.18. The summed E-state index contributed by atoms with van der Waals surface area (Å²) in [6.45, 7) is 5.76. The van der Waals surface area contributed by atoms with Crippen LogP contribution in [-0.4, -0.2) is 35.3 Å². The first-order valence-electron chi connectivity index (χ1n) is 5.12. The number of ether oxygens (including phenoxy) is 1. The van der Waals surface area contributed by atoms with Crippen molar-refractivity contribution in [2.75, 3.05) is 23.7 Å². The van der Waals surface area contributed by atoms with Gasteiger partial charge in [-0.25, -0.2) is 9.97 Å². The fraction of sp³-hybridized carbons (Fsp3) is 0.600. The van der Waals surface area contributed by atoms with Gasteiger partial charge >= 0.3 is 0 Å². The maximum atomic E-state index is 5.83. The number of nitrogen functional groups attached to an aromatic ring is 1. The highest BCUT2D eigenvalue weighted by atomic mass is 16.5. The van der Waals surface area contributed by atoms with Gasteiger partial charge in [0, 0.05) is 13.1 Å². The molecule has 1 fully saturated rings. The number of nitrogens with two attached hydrogens (primary N) is 1. The first-order chi connectivity index (χ1) is 7.16. The SMILES string of the molecule is CC1CN(c2ncncc2N)CC(C)O1. The number of aromatic nitrogens is 2. The van der Waals surface area contributed by atoms with Gasteiger partial charge in [0.15, 0.2) is 5.82 Å². The molecule has 0 spiro atoms. The van der Waals surface area contributed by atoms with E-state index in [4.69, 9.17) is 10.5 Å². The van der Waals surface area contributed by atoms with Gasteiger partial charge in [-0.1, -0.05) is 0 Å². The van der Waals surface area contributed by atoms with Crippen molar-refractivity contribution < 1.29 is 4.74 Å². The number of rotatable bonds is 1. The molecule has 1 aliphatic heterocycles. The number of hydrogen-bond acceptors (Lipinski definition) is 5. The topological polar surface area (TPSA) is 64.3 Å². The minimum atomic E-state index is 0.211. The van der Waals surface area contributed by atoms with Gasteiger partial charge in [-0.3, -0.25) is 0 Å². The molecule has 5 heteroatoms. The minimum Gasteiger partial charge on any atom is -0.394 e. The summed E-state index contributed by atoms with van der Waals surface area (Å²) in [5, 5.41) is 0. The Bertz CT molecular complexity index is 334. The molecule has 15 heavy (non-hydrogen) atoms. The number of hydrogen-bond donors (Lipinski definition) is 1. The van der Waals surface area contributed by atoms with Crippen LogP contribution in [0.3, 0.4) is 0 Å². The molecule has 0 aromatic carbocycles. The van der Waals surface area contributed by atoms with Crippen LogP contribution in [0.4, 0.5) is 11.5 Å². The quantitative estimate of drug-likeness (QED) is 0.735. The second-order valence-corrected chi connectivity index (χ2v) is 3.96. The zero-order chi connectivity index (χ0) is 10.8. The molecule has 2 atom stereocenters. The van der Waals surface area contributed by atoms with Crippen molar-refractivity contribution in [2.24, 2.45) is 0 Å². The predicted molar refractivity (Wildman–Crippen MR) is 58.7 cm³/mol. The normalized spacial score (nSPS) is 26.7. The molecule has 82 valence electrons. The molecular formula is C10H16N4O. The van der Waals surface area contributed by atoms with Crippen molar-refractivity contribution in [1.29, 1.82) is 0 Å². The van der Waals surface area contributed by atoms with Crippen LogP contribution in [0.5, 0.6) is 0 Å². The molecule has 1 aromatic rings. The van der Waals surface area contributed by atoms with Crippen molar-refractivity contribution >= 4 is 11.5 Å². The van der Waals surface area contributed by atoms with Gasteiger partial charge in [-0.05, 0) is 13.8 Å². The lowest BCUT2D eigenvalue weighted by atomic mass is 10.2. The second kappa shape index (κ2) is 4.02. The maximum Gasteiger partial charge on any atom is 0.155 e. The zero-order valence-electron chi connectivity index (χ0n) is 9.05. The Hall–Kier alpha value is -1.36. The summed E-state index contributed by atoms with van der Waals surface area (Å²) in [5.74, 6) is 0.812. The Morgan fingerprint density at radius 1 is 1.40 bits per heavy atom. The van der Waals surface area contributed by atoms with E-state index in [-0.39, 0.29) is 12.2 Å². The molecule has 5 nitrogen and oxygen atoms in total. The molecule has 1 aromatic heterocycles. The first-order valence-corrected chi connectivity index (χ1v) is 5.12. The van der Waals surface area contributed by atoms with Gasteiger partial charge in [-0.15, -0.1) is 0 Å². The molecule has 2 unspecified atom stereocenters. The maximum absolute atomic E-state index is 5.83. The molecule has 0 aliphatic carbocycles. The summed E-state index contributed by atoms with van der Waals surface area (Å²) in [6, 6.07) is 0. The number of nitrogens with zero attached hydrogens (tertiary/aromatic N) is 3. The first kappa shape index (κ1) is 10.2. The van der Waals surface area contributed by atoms with Crippen molar-refractivity contribution in [1.82, 2.24) is 9.97 Å². The zero-order valence-corrected chi connectivity index (χ0v) is 9.05. The monoisotopic (exact) mass is 208 g/mol. The van der Waals surface area contributed by atoms with Gasteiger partial charge in [-0.2, -0.15) is 0 Å². The van der Waals surface area contributed by atoms with Crippen LogP contribution in [0, 0.1) is 0 Å². The van der Waals surface area contributed by atoms with Gasteiger partial charge in [0.2, 0.25) is 0 Å². The van der Waals surface area contributed by atoms with Crippen LogP contribution in [0.25, 0.3) is 0 Å². The van der Waals surface area contributed by atoms with E-state index in [0.717, 1.165) is 18.9 Å². The Labute approximate surface area is 89.3 Å². The molecule has 2 heterocycles. The summed E-state index contributed by atoms with van der Waals surface area (Å²) in [7, 11) is 0.